The number of aromatic nitrogens is 2. The van der Waals surface area contributed by atoms with Gasteiger partial charge in [-0.3, -0.25) is 0 Å². The van der Waals surface area contributed by atoms with E-state index in [1.165, 1.54) is 0 Å². The Bertz CT molecular complexity index is 889. The molecular formula is C22H24ClN3O2. The first-order chi connectivity index (χ1) is 13.7. The van der Waals surface area contributed by atoms with E-state index in [-0.39, 0.29) is 6.09 Å². The lowest BCUT2D eigenvalue weighted by atomic mass is 10.0. The summed E-state index contributed by atoms with van der Waals surface area (Å²) in [5, 5.41) is 3.47. The number of ether oxygens (including phenoxy) is 1. The van der Waals surface area contributed by atoms with Crippen molar-refractivity contribution < 1.29 is 9.53 Å². The Morgan fingerprint density at radius 2 is 1.71 bits per heavy atom. The molecule has 0 bridgehead atoms. The molecule has 0 aliphatic rings. The summed E-state index contributed by atoms with van der Waals surface area (Å²) in [6.45, 7) is 2.99. The smallest absolute Gasteiger partial charge is 0.407 e. The van der Waals surface area contributed by atoms with Gasteiger partial charge in [0.1, 0.15) is 5.82 Å². The summed E-state index contributed by atoms with van der Waals surface area (Å²) in [6.07, 6.45) is 3.94. The van der Waals surface area contributed by atoms with Crippen molar-refractivity contribution in [2.24, 2.45) is 0 Å². The average molecular weight is 398 g/mol. The number of carbonyl (C=O) groups is 1. The summed E-state index contributed by atoms with van der Waals surface area (Å²) in [4.78, 5) is 19.2. The molecule has 0 saturated carbocycles. The Kier molecular flexibility index (Phi) is 7.09. The first-order valence-electron chi connectivity index (χ1n) is 9.46. The van der Waals surface area contributed by atoms with Crippen LogP contribution in [0.25, 0.3) is 22.4 Å². The van der Waals surface area contributed by atoms with Crippen molar-refractivity contribution in [2.75, 3.05) is 13.2 Å². The number of H-pyrrole nitrogens is 1. The third-order valence-corrected chi connectivity index (χ3v) is 4.62. The summed E-state index contributed by atoms with van der Waals surface area (Å²) in [5.41, 5.74) is 4.26. The van der Waals surface area contributed by atoms with Crippen LogP contribution in [-0.4, -0.2) is 29.2 Å². The molecule has 2 N–H and O–H groups in total. The molecule has 0 unspecified atom stereocenters. The number of aromatic amines is 1. The van der Waals surface area contributed by atoms with E-state index in [1.807, 2.05) is 30.5 Å². The molecule has 1 heterocycles. The molecule has 0 saturated heterocycles. The summed E-state index contributed by atoms with van der Waals surface area (Å²) >= 11 is 5.95. The highest BCUT2D eigenvalue weighted by molar-refractivity contribution is 6.30. The van der Waals surface area contributed by atoms with Crippen molar-refractivity contribution in [1.82, 2.24) is 15.3 Å². The van der Waals surface area contributed by atoms with E-state index in [4.69, 9.17) is 16.3 Å². The maximum atomic E-state index is 11.5. The molecule has 5 nitrogen and oxygen atoms in total. The van der Waals surface area contributed by atoms with Crippen LogP contribution in [0.4, 0.5) is 4.79 Å². The van der Waals surface area contributed by atoms with Crippen LogP contribution in [0.15, 0.2) is 54.7 Å². The SMILES string of the molecule is CCCCOC(=O)NCCc1ncc(-c2ccc(-c3ccc(Cl)cc3)cc2)[nH]1. The summed E-state index contributed by atoms with van der Waals surface area (Å²) in [5.74, 6) is 0.825. The average Bonchev–Trinajstić information content (AvgIpc) is 3.18. The van der Waals surface area contributed by atoms with Crippen LogP contribution in [0.2, 0.25) is 5.02 Å². The van der Waals surface area contributed by atoms with Crippen molar-refractivity contribution in [3.8, 4) is 22.4 Å². The molecule has 0 fully saturated rings. The molecular weight excluding hydrogens is 374 g/mol. The highest BCUT2D eigenvalue weighted by Gasteiger charge is 2.06. The molecule has 28 heavy (non-hydrogen) atoms. The van der Waals surface area contributed by atoms with Crippen LogP contribution in [0, 0.1) is 0 Å². The van der Waals surface area contributed by atoms with Crippen molar-refractivity contribution in [1.29, 1.82) is 0 Å². The minimum absolute atomic E-state index is 0.377. The number of amides is 1. The van der Waals surface area contributed by atoms with Gasteiger partial charge in [0.2, 0.25) is 0 Å². The minimum atomic E-state index is -0.377. The molecule has 0 atom stereocenters. The fourth-order valence-electron chi connectivity index (χ4n) is 2.76. The van der Waals surface area contributed by atoms with Gasteiger partial charge in [0, 0.05) is 18.0 Å². The van der Waals surface area contributed by atoms with Crippen molar-refractivity contribution >= 4 is 17.7 Å². The molecule has 3 aromatic rings. The maximum absolute atomic E-state index is 11.5. The number of alkyl carbamates (subject to hydrolysis) is 1. The zero-order valence-electron chi connectivity index (χ0n) is 15.9. The predicted octanol–water partition coefficient (Wildman–Crippen LogP) is 5.47. The lowest BCUT2D eigenvalue weighted by molar-refractivity contribution is 0.144. The molecule has 0 aliphatic carbocycles. The number of imidazole rings is 1. The lowest BCUT2D eigenvalue weighted by Crippen LogP contribution is -2.27. The van der Waals surface area contributed by atoms with Crippen LogP contribution < -0.4 is 5.32 Å². The summed E-state index contributed by atoms with van der Waals surface area (Å²) in [6, 6.07) is 16.1. The van der Waals surface area contributed by atoms with E-state index >= 15 is 0 Å². The van der Waals surface area contributed by atoms with Crippen LogP contribution in [0.1, 0.15) is 25.6 Å². The fraction of sp³-hybridized carbons (Fsp3) is 0.273. The molecule has 0 radical (unpaired) electrons. The largest absolute Gasteiger partial charge is 0.450 e. The van der Waals surface area contributed by atoms with Gasteiger partial charge in [-0.25, -0.2) is 9.78 Å². The molecule has 3 rings (SSSR count). The Labute approximate surface area is 170 Å². The highest BCUT2D eigenvalue weighted by Crippen LogP contribution is 2.25. The molecule has 0 spiro atoms. The Morgan fingerprint density at radius 1 is 1.07 bits per heavy atom. The highest BCUT2D eigenvalue weighted by atomic mass is 35.5. The van der Waals surface area contributed by atoms with Gasteiger partial charge in [0.15, 0.2) is 0 Å². The minimum Gasteiger partial charge on any atom is -0.450 e. The number of nitrogens with zero attached hydrogens (tertiary/aromatic N) is 1. The van der Waals surface area contributed by atoms with E-state index in [9.17, 15) is 4.79 Å². The molecule has 1 amide bonds. The van der Waals surface area contributed by atoms with E-state index in [0.717, 1.165) is 46.1 Å². The fourth-order valence-corrected chi connectivity index (χ4v) is 2.89. The number of halogens is 1. The number of hydrogen-bond acceptors (Lipinski definition) is 3. The van der Waals surface area contributed by atoms with Gasteiger partial charge in [-0.05, 0) is 35.2 Å². The van der Waals surface area contributed by atoms with Crippen LogP contribution in [-0.2, 0) is 11.2 Å². The zero-order chi connectivity index (χ0) is 19.8. The monoisotopic (exact) mass is 397 g/mol. The second-order valence-electron chi connectivity index (χ2n) is 6.49. The van der Waals surface area contributed by atoms with Gasteiger partial charge in [-0.2, -0.15) is 0 Å². The molecule has 0 aliphatic heterocycles. The second-order valence-corrected chi connectivity index (χ2v) is 6.93. The predicted molar refractivity (Wildman–Crippen MR) is 112 cm³/mol. The summed E-state index contributed by atoms with van der Waals surface area (Å²) < 4.78 is 5.06. The van der Waals surface area contributed by atoms with E-state index < -0.39 is 0 Å². The van der Waals surface area contributed by atoms with Crippen molar-refractivity contribution in [3.63, 3.8) is 0 Å². The van der Waals surface area contributed by atoms with Gasteiger partial charge >= 0.3 is 6.09 Å². The van der Waals surface area contributed by atoms with Crippen LogP contribution >= 0.6 is 11.6 Å². The third kappa shape index (κ3) is 5.60. The topological polar surface area (TPSA) is 67.0 Å². The number of carbonyl (C=O) groups excluding carboxylic acids is 1. The van der Waals surface area contributed by atoms with E-state index in [2.05, 4.69) is 46.5 Å². The standard InChI is InChI=1S/C22H24ClN3O2/c1-2-3-14-28-22(27)24-13-12-21-25-15-20(26-21)18-6-4-16(5-7-18)17-8-10-19(23)11-9-17/h4-11,15H,2-3,12-14H2,1H3,(H,24,27)(H,25,26). The quantitative estimate of drug-likeness (QED) is 0.495. The number of rotatable bonds is 8. The van der Waals surface area contributed by atoms with Gasteiger partial charge in [-0.15, -0.1) is 0 Å². The third-order valence-electron chi connectivity index (χ3n) is 4.36. The lowest BCUT2D eigenvalue weighted by Gasteiger charge is -2.05. The molecule has 146 valence electrons. The van der Waals surface area contributed by atoms with Gasteiger partial charge in [0.25, 0.3) is 0 Å². The van der Waals surface area contributed by atoms with E-state index in [0.29, 0.717) is 19.6 Å². The van der Waals surface area contributed by atoms with Gasteiger partial charge in [-0.1, -0.05) is 61.3 Å². The zero-order valence-corrected chi connectivity index (χ0v) is 16.6. The van der Waals surface area contributed by atoms with Crippen molar-refractivity contribution in [2.45, 2.75) is 26.2 Å². The Balaban J connectivity index is 1.53. The molecule has 2 aromatic carbocycles. The van der Waals surface area contributed by atoms with Crippen LogP contribution in [0.3, 0.4) is 0 Å². The van der Waals surface area contributed by atoms with Gasteiger partial charge in [0.05, 0.1) is 18.5 Å². The number of hydrogen-bond donors (Lipinski definition) is 2. The number of nitrogens with one attached hydrogen (secondary N) is 2. The molecule has 1 aromatic heterocycles. The Hall–Kier alpha value is -2.79. The van der Waals surface area contributed by atoms with Gasteiger partial charge < -0.3 is 15.0 Å². The Morgan fingerprint density at radius 3 is 2.39 bits per heavy atom. The summed E-state index contributed by atoms with van der Waals surface area (Å²) in [7, 11) is 0. The second kappa shape index (κ2) is 9.95. The number of benzene rings is 2. The first-order valence-corrected chi connectivity index (χ1v) is 9.84. The maximum Gasteiger partial charge on any atom is 0.407 e. The van der Waals surface area contributed by atoms with Crippen molar-refractivity contribution in [3.05, 3.63) is 65.6 Å². The molecule has 6 heteroatoms. The van der Waals surface area contributed by atoms with Crippen LogP contribution in [0.5, 0.6) is 0 Å². The van der Waals surface area contributed by atoms with E-state index in [1.54, 1.807) is 0 Å². The first kappa shape index (κ1) is 20.0. The normalized spacial score (nSPS) is 10.6. The number of unbranched alkanes of at least 4 members (excludes halogenated alkanes) is 1.